The number of fused-ring (bicyclic) bond motifs is 1. The first-order valence-electron chi connectivity index (χ1n) is 9.20. The zero-order valence-corrected chi connectivity index (χ0v) is 14.8. The minimum Gasteiger partial charge on any atom is -0.398 e. The maximum Gasteiger partial charge on any atom is 0.141 e. The van der Waals surface area contributed by atoms with E-state index in [0.717, 1.165) is 68.3 Å². The summed E-state index contributed by atoms with van der Waals surface area (Å²) in [5.41, 5.74) is 11.6. The van der Waals surface area contributed by atoms with Crippen molar-refractivity contribution in [2.45, 2.75) is 64.0 Å². The molecular formula is C20H29N3O. The summed E-state index contributed by atoms with van der Waals surface area (Å²) >= 11 is 0. The van der Waals surface area contributed by atoms with Crippen LogP contribution in [-0.2, 0) is 11.3 Å². The van der Waals surface area contributed by atoms with E-state index in [1.54, 1.807) is 0 Å². The van der Waals surface area contributed by atoms with Crippen molar-refractivity contribution in [3.63, 3.8) is 0 Å². The molecule has 0 radical (unpaired) electrons. The maximum absolute atomic E-state index is 11.5. The largest absolute Gasteiger partial charge is 0.398 e. The summed E-state index contributed by atoms with van der Waals surface area (Å²) in [6.45, 7) is 2.96. The van der Waals surface area contributed by atoms with Crippen LogP contribution < -0.4 is 5.73 Å². The molecule has 4 heteroatoms. The molecule has 130 valence electrons. The summed E-state index contributed by atoms with van der Waals surface area (Å²) in [6, 6.07) is 3.96. The molecule has 2 aliphatic rings. The van der Waals surface area contributed by atoms with Crippen molar-refractivity contribution < 1.29 is 4.79 Å². The Bertz CT molecular complexity index is 632. The summed E-state index contributed by atoms with van der Waals surface area (Å²) in [4.78, 5) is 13.6. The van der Waals surface area contributed by atoms with Gasteiger partial charge in [-0.25, -0.2) is 0 Å². The molecule has 3 N–H and O–H groups in total. The van der Waals surface area contributed by atoms with Crippen molar-refractivity contribution in [1.82, 2.24) is 4.90 Å². The number of aldehydes is 1. The van der Waals surface area contributed by atoms with Crippen LogP contribution in [0.15, 0.2) is 12.1 Å². The third-order valence-electron chi connectivity index (χ3n) is 5.91. The molecule has 1 aromatic carbocycles. The number of likely N-dealkylation sites (N-methyl/N-ethyl adjacent to an activating group) is 1. The van der Waals surface area contributed by atoms with Gasteiger partial charge in [-0.1, -0.05) is 19.4 Å². The SMILES string of the molecule is CCCC(=N)C1CCC(c2ccc(N)c3c2CN(C)C3C=O)CC1. The number of carbonyl (C=O) groups excluding carboxylic acids is 1. The molecule has 1 saturated carbocycles. The molecule has 1 aliphatic heterocycles. The number of benzene rings is 1. The highest BCUT2D eigenvalue weighted by Gasteiger charge is 2.34. The Hall–Kier alpha value is -1.68. The van der Waals surface area contributed by atoms with E-state index in [1.807, 2.05) is 13.1 Å². The number of nitrogens with zero attached hydrogens (tertiary/aromatic N) is 1. The van der Waals surface area contributed by atoms with Crippen molar-refractivity contribution in [1.29, 1.82) is 5.41 Å². The maximum atomic E-state index is 11.5. The number of hydrogen-bond acceptors (Lipinski definition) is 4. The lowest BCUT2D eigenvalue weighted by Crippen LogP contribution is -2.21. The molecule has 1 atom stereocenters. The van der Waals surface area contributed by atoms with Crippen LogP contribution in [0.5, 0.6) is 0 Å². The van der Waals surface area contributed by atoms with Crippen molar-refractivity contribution in [3.05, 3.63) is 28.8 Å². The van der Waals surface area contributed by atoms with Gasteiger partial charge in [-0.05, 0) is 68.2 Å². The van der Waals surface area contributed by atoms with Gasteiger partial charge in [-0.3, -0.25) is 4.90 Å². The number of carbonyl (C=O) groups is 1. The summed E-state index contributed by atoms with van der Waals surface area (Å²) in [5, 5.41) is 8.22. The highest BCUT2D eigenvalue weighted by atomic mass is 16.1. The van der Waals surface area contributed by atoms with Gasteiger partial charge < -0.3 is 15.9 Å². The van der Waals surface area contributed by atoms with Crippen LogP contribution in [-0.4, -0.2) is 23.9 Å². The third kappa shape index (κ3) is 3.00. The fourth-order valence-electron chi connectivity index (χ4n) is 4.57. The number of nitrogens with two attached hydrogens (primary N) is 1. The van der Waals surface area contributed by atoms with Crippen molar-refractivity contribution in [2.24, 2.45) is 5.92 Å². The second kappa shape index (κ2) is 7.06. The molecule has 4 nitrogen and oxygen atoms in total. The van der Waals surface area contributed by atoms with Gasteiger partial charge in [0.05, 0.1) is 6.04 Å². The normalized spacial score (nSPS) is 27.0. The summed E-state index contributed by atoms with van der Waals surface area (Å²) in [7, 11) is 1.99. The Labute approximate surface area is 144 Å². The lowest BCUT2D eigenvalue weighted by atomic mass is 9.75. The van der Waals surface area contributed by atoms with Gasteiger partial charge in [0.1, 0.15) is 6.29 Å². The Morgan fingerprint density at radius 3 is 2.67 bits per heavy atom. The Morgan fingerprint density at radius 2 is 2.04 bits per heavy atom. The van der Waals surface area contributed by atoms with E-state index in [1.165, 1.54) is 11.1 Å². The van der Waals surface area contributed by atoms with Crippen LogP contribution in [0.25, 0.3) is 0 Å². The highest BCUT2D eigenvalue weighted by Crippen LogP contribution is 2.44. The molecule has 0 spiro atoms. The molecule has 1 fully saturated rings. The van der Waals surface area contributed by atoms with Gasteiger partial charge in [-0.15, -0.1) is 0 Å². The van der Waals surface area contributed by atoms with E-state index >= 15 is 0 Å². The van der Waals surface area contributed by atoms with E-state index in [-0.39, 0.29) is 6.04 Å². The van der Waals surface area contributed by atoms with Crippen molar-refractivity contribution in [3.8, 4) is 0 Å². The predicted molar refractivity (Wildman–Crippen MR) is 98.5 cm³/mol. The standard InChI is InChI=1S/C20H29N3O/c1-3-4-17(21)14-7-5-13(6-8-14)15-9-10-18(22)20-16(15)11-23(2)19(20)12-24/h9-10,12-14,19,21H,3-8,11,22H2,1-2H3. The van der Waals surface area contributed by atoms with Gasteiger partial charge >= 0.3 is 0 Å². The third-order valence-corrected chi connectivity index (χ3v) is 5.91. The van der Waals surface area contributed by atoms with Crippen molar-refractivity contribution in [2.75, 3.05) is 12.8 Å². The van der Waals surface area contributed by atoms with Crippen LogP contribution in [0.2, 0.25) is 0 Å². The molecule has 1 unspecified atom stereocenters. The first-order valence-corrected chi connectivity index (χ1v) is 9.20. The van der Waals surface area contributed by atoms with Crippen molar-refractivity contribution >= 4 is 17.7 Å². The first kappa shape index (κ1) is 17.2. The topological polar surface area (TPSA) is 70.2 Å². The number of hydrogen-bond donors (Lipinski definition) is 2. The van der Waals surface area contributed by atoms with E-state index in [2.05, 4.69) is 17.9 Å². The lowest BCUT2D eigenvalue weighted by Gasteiger charge is -2.30. The number of nitrogens with one attached hydrogen (secondary N) is 1. The zero-order valence-electron chi connectivity index (χ0n) is 14.8. The highest BCUT2D eigenvalue weighted by molar-refractivity contribution is 5.83. The minimum atomic E-state index is -0.200. The lowest BCUT2D eigenvalue weighted by molar-refractivity contribution is -0.111. The quantitative estimate of drug-likeness (QED) is 0.487. The van der Waals surface area contributed by atoms with Crippen LogP contribution >= 0.6 is 0 Å². The van der Waals surface area contributed by atoms with Crippen LogP contribution in [0.1, 0.15) is 74.1 Å². The summed E-state index contributed by atoms with van der Waals surface area (Å²) in [5.74, 6) is 1.03. The molecule has 0 amide bonds. The number of anilines is 1. The van der Waals surface area contributed by atoms with Crippen LogP contribution in [0, 0.1) is 11.3 Å². The second-order valence-electron chi connectivity index (χ2n) is 7.46. The fourth-order valence-corrected chi connectivity index (χ4v) is 4.57. The predicted octanol–water partition coefficient (Wildman–Crippen LogP) is 4.05. The smallest absolute Gasteiger partial charge is 0.141 e. The molecule has 1 aliphatic carbocycles. The molecule has 0 aromatic heterocycles. The van der Waals surface area contributed by atoms with E-state index in [4.69, 9.17) is 11.1 Å². The van der Waals surface area contributed by atoms with Crippen LogP contribution in [0.3, 0.4) is 0 Å². The second-order valence-corrected chi connectivity index (χ2v) is 7.46. The first-order chi connectivity index (χ1) is 11.6. The molecule has 0 bridgehead atoms. The molecular weight excluding hydrogens is 298 g/mol. The molecule has 3 rings (SSSR count). The molecule has 1 heterocycles. The summed E-state index contributed by atoms with van der Waals surface area (Å²) < 4.78 is 0. The van der Waals surface area contributed by atoms with Gasteiger partial charge in [-0.2, -0.15) is 0 Å². The average Bonchev–Trinajstić information content (AvgIpc) is 2.92. The van der Waals surface area contributed by atoms with E-state index < -0.39 is 0 Å². The number of nitrogen functional groups attached to an aromatic ring is 1. The summed E-state index contributed by atoms with van der Waals surface area (Å²) in [6.07, 6.45) is 7.55. The Kier molecular flexibility index (Phi) is 5.04. The number of rotatable bonds is 5. The van der Waals surface area contributed by atoms with Gasteiger partial charge in [0.2, 0.25) is 0 Å². The monoisotopic (exact) mass is 327 g/mol. The average molecular weight is 327 g/mol. The van der Waals surface area contributed by atoms with E-state index in [0.29, 0.717) is 11.8 Å². The Morgan fingerprint density at radius 1 is 1.33 bits per heavy atom. The van der Waals surface area contributed by atoms with Crippen LogP contribution in [0.4, 0.5) is 5.69 Å². The minimum absolute atomic E-state index is 0.200. The van der Waals surface area contributed by atoms with E-state index in [9.17, 15) is 4.79 Å². The molecule has 24 heavy (non-hydrogen) atoms. The zero-order chi connectivity index (χ0) is 17.3. The van der Waals surface area contributed by atoms with Gasteiger partial charge in [0.15, 0.2) is 0 Å². The fraction of sp³-hybridized carbons (Fsp3) is 0.600. The molecule has 0 saturated heterocycles. The van der Waals surface area contributed by atoms with Gasteiger partial charge in [0.25, 0.3) is 0 Å². The molecule has 1 aromatic rings. The Balaban J connectivity index is 1.79. The van der Waals surface area contributed by atoms with Gasteiger partial charge in [0, 0.05) is 23.5 Å².